The molecule has 5 heteroatoms. The summed E-state index contributed by atoms with van der Waals surface area (Å²) in [5, 5.41) is 7.25. The summed E-state index contributed by atoms with van der Waals surface area (Å²) in [5.74, 6) is 0. The molecule has 0 saturated carbocycles. The quantitative estimate of drug-likeness (QED) is 0.153. The van der Waals surface area contributed by atoms with Crippen LogP contribution in [-0.4, -0.2) is 6.71 Å². The van der Waals surface area contributed by atoms with Crippen molar-refractivity contribution in [3.05, 3.63) is 222 Å². The van der Waals surface area contributed by atoms with Crippen molar-refractivity contribution in [3.8, 4) is 44.5 Å². The number of fused-ring (bicyclic) bond motifs is 6. The molecule has 0 aliphatic carbocycles. The molecule has 4 heterocycles. The Labute approximate surface area is 432 Å². The van der Waals surface area contributed by atoms with Gasteiger partial charge in [0, 0.05) is 65.2 Å². The van der Waals surface area contributed by atoms with E-state index in [-0.39, 0.29) is 17.5 Å². The molecule has 0 fully saturated rings. The number of nitrogens with zero attached hydrogens (tertiary/aromatic N) is 2. The Hall–Kier alpha value is -7.44. The van der Waals surface area contributed by atoms with Gasteiger partial charge >= 0.3 is 0 Å². The molecule has 13 rings (SSSR count). The summed E-state index contributed by atoms with van der Waals surface area (Å²) in [5.41, 5.74) is 24.8. The van der Waals surface area contributed by atoms with E-state index in [1.807, 2.05) is 22.7 Å². The first-order valence-corrected chi connectivity index (χ1v) is 27.0. The minimum absolute atomic E-state index is 0.0223. The molecule has 348 valence electrons. The van der Waals surface area contributed by atoms with Crippen LogP contribution < -0.4 is 26.2 Å². The first kappa shape index (κ1) is 44.5. The topological polar surface area (TPSA) is 6.48 Å². The molecule has 9 aromatic carbocycles. The maximum absolute atomic E-state index is 2.61. The third-order valence-corrected chi connectivity index (χ3v) is 17.1. The van der Waals surface area contributed by atoms with Crippen LogP contribution in [0, 0.1) is 6.92 Å². The monoisotopic (exact) mass is 962 g/mol. The molecule has 0 spiro atoms. The summed E-state index contributed by atoms with van der Waals surface area (Å²) < 4.78 is 2.61. The van der Waals surface area contributed by atoms with Crippen molar-refractivity contribution in [2.75, 3.05) is 9.80 Å². The van der Waals surface area contributed by atoms with Crippen LogP contribution >= 0.6 is 22.7 Å². The van der Waals surface area contributed by atoms with Gasteiger partial charge in [-0.15, -0.1) is 22.7 Å². The van der Waals surface area contributed by atoms with Gasteiger partial charge in [0.25, 0.3) is 6.71 Å². The van der Waals surface area contributed by atoms with Crippen LogP contribution in [0.1, 0.15) is 58.2 Å². The molecule has 0 atom stereocenters. The second-order valence-electron chi connectivity index (χ2n) is 21.9. The Kier molecular flexibility index (Phi) is 10.4. The zero-order valence-electron chi connectivity index (χ0n) is 41.9. The third-order valence-electron chi connectivity index (χ3n) is 15.2. The Bertz CT molecular complexity index is 3670. The van der Waals surface area contributed by atoms with Gasteiger partial charge in [-0.05, 0) is 145 Å². The van der Waals surface area contributed by atoms with Gasteiger partial charge in [0.15, 0.2) is 0 Å². The van der Waals surface area contributed by atoms with Crippen molar-refractivity contribution < 1.29 is 0 Å². The molecule has 2 nitrogen and oxygen atoms in total. The smallest absolute Gasteiger partial charge is 0.252 e. The predicted molar refractivity (Wildman–Crippen MR) is 315 cm³/mol. The number of hydrogen-bond donors (Lipinski definition) is 0. The van der Waals surface area contributed by atoms with Crippen molar-refractivity contribution in [1.82, 2.24) is 0 Å². The van der Waals surface area contributed by atoms with Crippen molar-refractivity contribution in [2.45, 2.75) is 59.3 Å². The highest BCUT2D eigenvalue weighted by Gasteiger charge is 2.45. The second kappa shape index (κ2) is 16.8. The molecule has 72 heavy (non-hydrogen) atoms. The molecule has 0 radical (unpaired) electrons. The third kappa shape index (κ3) is 7.27. The van der Waals surface area contributed by atoms with Gasteiger partial charge < -0.3 is 9.80 Å². The maximum atomic E-state index is 2.61. The van der Waals surface area contributed by atoms with Gasteiger partial charge in [-0.1, -0.05) is 175 Å². The molecule has 2 aromatic heterocycles. The van der Waals surface area contributed by atoms with Crippen molar-refractivity contribution in [2.24, 2.45) is 0 Å². The normalized spacial score (nSPS) is 13.1. The molecule has 0 amide bonds. The van der Waals surface area contributed by atoms with E-state index in [0.717, 1.165) is 0 Å². The average molecular weight is 963 g/mol. The number of thiophene rings is 2. The lowest BCUT2D eigenvalue weighted by Gasteiger charge is -2.45. The highest BCUT2D eigenvalue weighted by molar-refractivity contribution is 7.18. The first-order chi connectivity index (χ1) is 34.9. The lowest BCUT2D eigenvalue weighted by Crippen LogP contribution is -2.61. The summed E-state index contributed by atoms with van der Waals surface area (Å²) >= 11 is 3.64. The highest BCUT2D eigenvalue weighted by atomic mass is 32.1. The van der Waals surface area contributed by atoms with E-state index in [1.54, 1.807) is 0 Å². The van der Waals surface area contributed by atoms with Gasteiger partial charge in [-0.25, -0.2) is 0 Å². The predicted octanol–water partition coefficient (Wildman–Crippen LogP) is 17.8. The largest absolute Gasteiger partial charge is 0.311 e. The molecular formula is C67H55BN2S2. The summed E-state index contributed by atoms with van der Waals surface area (Å²) in [6, 6.07) is 73.7. The fraction of sp³-hybridized carbons (Fsp3) is 0.134. The summed E-state index contributed by atoms with van der Waals surface area (Å²) in [6.45, 7) is 16.3. The molecule has 2 aliphatic rings. The van der Waals surface area contributed by atoms with E-state index >= 15 is 0 Å². The molecule has 11 aromatic rings. The Morgan fingerprint density at radius 3 is 1.19 bits per heavy atom. The molecular weight excluding hydrogens is 908 g/mol. The van der Waals surface area contributed by atoms with Crippen LogP contribution in [0.5, 0.6) is 0 Å². The number of hydrogen-bond acceptors (Lipinski definition) is 4. The van der Waals surface area contributed by atoms with E-state index in [0.29, 0.717) is 0 Å². The van der Waals surface area contributed by atoms with Crippen molar-refractivity contribution >= 4 is 100 Å². The lowest BCUT2D eigenvalue weighted by atomic mass is 9.33. The summed E-state index contributed by atoms with van der Waals surface area (Å²) in [4.78, 5) is 5.23. The van der Waals surface area contributed by atoms with Gasteiger partial charge in [0.05, 0.1) is 11.4 Å². The van der Waals surface area contributed by atoms with E-state index in [9.17, 15) is 0 Å². The fourth-order valence-electron chi connectivity index (χ4n) is 11.5. The van der Waals surface area contributed by atoms with Crippen molar-refractivity contribution in [1.29, 1.82) is 0 Å². The van der Waals surface area contributed by atoms with Crippen LogP contribution in [0.3, 0.4) is 0 Å². The molecule has 0 saturated heterocycles. The lowest BCUT2D eigenvalue weighted by molar-refractivity contribution is 0.590. The molecule has 0 N–H and O–H groups in total. The standard InChI is InChI=1S/C67H55BN2S2/c1-42-34-61-65-62(35-42)70(58-31-27-46(37-52(58)44-20-12-9-13-21-44)54-41-72-64-25-17-15-23-50(54)64)60-33-29-48(67(5,6)7)39-56(60)68(65)55-38-47(66(2,3)4)28-32-59(55)69(61)57-30-26-45(36-51(57)43-18-10-8-11-19-43)53-40-71-63-24-16-14-22-49(53)63/h8-41H,1-7H3. The summed E-state index contributed by atoms with van der Waals surface area (Å²) in [7, 11) is 0. The Morgan fingerprint density at radius 2 is 0.764 bits per heavy atom. The highest BCUT2D eigenvalue weighted by Crippen LogP contribution is 2.51. The van der Waals surface area contributed by atoms with E-state index in [2.05, 4.69) is 263 Å². The second-order valence-corrected chi connectivity index (χ2v) is 23.7. The van der Waals surface area contributed by atoms with Crippen LogP contribution in [-0.2, 0) is 10.8 Å². The molecule has 0 unspecified atom stereocenters. The van der Waals surface area contributed by atoms with Crippen LogP contribution in [0.25, 0.3) is 64.7 Å². The average Bonchev–Trinajstić information content (AvgIpc) is 4.03. The number of rotatable bonds is 6. The van der Waals surface area contributed by atoms with E-state index in [1.165, 1.54) is 132 Å². The number of benzene rings is 9. The Morgan fingerprint density at radius 1 is 0.361 bits per heavy atom. The number of anilines is 6. The molecule has 2 aliphatic heterocycles. The van der Waals surface area contributed by atoms with Crippen molar-refractivity contribution in [3.63, 3.8) is 0 Å². The Balaban J connectivity index is 1.11. The van der Waals surface area contributed by atoms with E-state index < -0.39 is 0 Å². The van der Waals surface area contributed by atoms with Crippen LogP contribution in [0.4, 0.5) is 34.1 Å². The number of aryl methyl sites for hydroxylation is 1. The zero-order chi connectivity index (χ0) is 49.0. The zero-order valence-corrected chi connectivity index (χ0v) is 43.6. The fourth-order valence-corrected chi connectivity index (χ4v) is 13.4. The van der Waals surface area contributed by atoms with Crippen LogP contribution in [0.2, 0.25) is 0 Å². The minimum atomic E-state index is -0.0622. The first-order valence-electron chi connectivity index (χ1n) is 25.2. The van der Waals surface area contributed by atoms with Gasteiger partial charge in [0.2, 0.25) is 0 Å². The van der Waals surface area contributed by atoms with Gasteiger partial charge in [-0.3, -0.25) is 0 Å². The van der Waals surface area contributed by atoms with E-state index in [4.69, 9.17) is 0 Å². The van der Waals surface area contributed by atoms with Gasteiger partial charge in [-0.2, -0.15) is 0 Å². The van der Waals surface area contributed by atoms with Gasteiger partial charge in [0.1, 0.15) is 0 Å². The van der Waals surface area contributed by atoms with Crippen LogP contribution in [0.15, 0.2) is 205 Å². The minimum Gasteiger partial charge on any atom is -0.311 e. The SMILES string of the molecule is Cc1cc2c3c(c1)N(c1ccc(-c4csc5ccccc45)cc1-c1ccccc1)c1ccc(C(C)(C)C)cc1B3c1cc(C(C)(C)C)ccc1N2c1ccc(-c2csc3ccccc23)cc1-c1ccccc1. The molecule has 0 bridgehead atoms. The summed E-state index contributed by atoms with van der Waals surface area (Å²) in [6.07, 6.45) is 0. The maximum Gasteiger partial charge on any atom is 0.252 e.